The molecule has 0 aliphatic rings. The van der Waals surface area contributed by atoms with Crippen LogP contribution < -0.4 is 0 Å². The number of hydrogen-bond acceptors (Lipinski definition) is 1. The van der Waals surface area contributed by atoms with Gasteiger partial charge in [0.2, 0.25) is 0 Å². The van der Waals surface area contributed by atoms with E-state index in [1.165, 1.54) is 15.8 Å². The number of thioether (sulfide) groups is 1. The number of benzene rings is 1. The summed E-state index contributed by atoms with van der Waals surface area (Å²) in [4.78, 5) is 4.54. The van der Waals surface area contributed by atoms with Gasteiger partial charge in [0.15, 0.2) is 0 Å². The molecule has 0 radical (unpaired) electrons. The Morgan fingerprint density at radius 2 is 2.08 bits per heavy atom. The fraction of sp³-hybridized carbons (Fsp3) is 0.273. The molecule has 0 atom stereocenters. The first-order valence-electron chi connectivity index (χ1n) is 4.49. The van der Waals surface area contributed by atoms with Gasteiger partial charge in [-0.05, 0) is 24.3 Å². The highest BCUT2D eigenvalue weighted by Crippen LogP contribution is 2.25. The van der Waals surface area contributed by atoms with E-state index in [1.54, 1.807) is 0 Å². The van der Waals surface area contributed by atoms with Crippen LogP contribution >= 0.6 is 11.8 Å². The Balaban J connectivity index is 2.37. The van der Waals surface area contributed by atoms with Crippen LogP contribution in [0.4, 0.5) is 0 Å². The van der Waals surface area contributed by atoms with Gasteiger partial charge in [0.25, 0.3) is 0 Å². The first-order valence-corrected chi connectivity index (χ1v) is 5.37. The molecule has 0 amide bonds. The van der Waals surface area contributed by atoms with Gasteiger partial charge in [-0.25, -0.2) is 0 Å². The molecule has 1 heterocycles. The molecular formula is C11H13NS. The second-order valence-electron chi connectivity index (χ2n) is 3.39. The molecule has 2 heteroatoms. The molecule has 0 unspecified atom stereocenters. The lowest BCUT2D eigenvalue weighted by Crippen LogP contribution is -1.84. The summed E-state index contributed by atoms with van der Waals surface area (Å²) in [6.45, 7) is 4.43. The lowest BCUT2D eigenvalue weighted by atomic mass is 10.2. The standard InChI is InChI=1S/C11H13NS/c1-8(2)13-10-3-4-11-9(7-10)5-6-12-11/h3-8,12H,1-2H3. The van der Waals surface area contributed by atoms with Crippen molar-refractivity contribution in [1.82, 2.24) is 4.98 Å². The second kappa shape index (κ2) is 3.46. The van der Waals surface area contributed by atoms with Gasteiger partial charge < -0.3 is 4.98 Å². The van der Waals surface area contributed by atoms with Gasteiger partial charge in [0.1, 0.15) is 0 Å². The van der Waals surface area contributed by atoms with Crippen LogP contribution in [0, 0.1) is 0 Å². The molecule has 1 aromatic carbocycles. The number of H-pyrrole nitrogens is 1. The Hall–Kier alpha value is -0.890. The maximum atomic E-state index is 3.19. The zero-order valence-electron chi connectivity index (χ0n) is 7.87. The minimum atomic E-state index is 0.649. The number of aromatic nitrogens is 1. The van der Waals surface area contributed by atoms with E-state index in [0.29, 0.717) is 5.25 Å². The molecule has 0 aliphatic carbocycles. The summed E-state index contributed by atoms with van der Waals surface area (Å²) in [6.07, 6.45) is 1.98. The summed E-state index contributed by atoms with van der Waals surface area (Å²) in [5.74, 6) is 0. The van der Waals surface area contributed by atoms with Gasteiger partial charge in [-0.2, -0.15) is 0 Å². The highest BCUT2D eigenvalue weighted by atomic mass is 32.2. The van der Waals surface area contributed by atoms with Crippen molar-refractivity contribution < 1.29 is 0 Å². The molecule has 0 saturated carbocycles. The number of aromatic amines is 1. The van der Waals surface area contributed by atoms with Gasteiger partial charge in [0, 0.05) is 27.2 Å². The van der Waals surface area contributed by atoms with E-state index < -0.39 is 0 Å². The summed E-state index contributed by atoms with van der Waals surface area (Å²) in [5.41, 5.74) is 1.22. The van der Waals surface area contributed by atoms with Crippen LogP contribution in [-0.2, 0) is 0 Å². The molecule has 0 spiro atoms. The van der Waals surface area contributed by atoms with Gasteiger partial charge in [0.05, 0.1) is 0 Å². The van der Waals surface area contributed by atoms with E-state index in [0.717, 1.165) is 0 Å². The largest absolute Gasteiger partial charge is 0.361 e. The predicted molar refractivity (Wildman–Crippen MR) is 59.3 cm³/mol. The first kappa shape index (κ1) is 8.70. The Bertz CT molecular complexity index is 403. The molecule has 13 heavy (non-hydrogen) atoms. The van der Waals surface area contributed by atoms with E-state index in [9.17, 15) is 0 Å². The maximum Gasteiger partial charge on any atom is 0.0454 e. The van der Waals surface area contributed by atoms with Crippen LogP contribution in [0.25, 0.3) is 10.9 Å². The quantitative estimate of drug-likeness (QED) is 0.716. The molecule has 0 aliphatic heterocycles. The van der Waals surface area contributed by atoms with Gasteiger partial charge in [-0.15, -0.1) is 11.8 Å². The fourth-order valence-corrected chi connectivity index (χ4v) is 2.26. The number of fused-ring (bicyclic) bond motifs is 1. The zero-order valence-corrected chi connectivity index (χ0v) is 8.69. The second-order valence-corrected chi connectivity index (χ2v) is 5.04. The Morgan fingerprint density at radius 1 is 1.23 bits per heavy atom. The van der Waals surface area contributed by atoms with Crippen molar-refractivity contribution in [1.29, 1.82) is 0 Å². The van der Waals surface area contributed by atoms with E-state index in [-0.39, 0.29) is 0 Å². The van der Waals surface area contributed by atoms with Crippen molar-refractivity contribution in [3.63, 3.8) is 0 Å². The zero-order chi connectivity index (χ0) is 9.26. The summed E-state index contributed by atoms with van der Waals surface area (Å²) in [6, 6.07) is 8.65. The van der Waals surface area contributed by atoms with Gasteiger partial charge in [-0.1, -0.05) is 13.8 Å². The lowest BCUT2D eigenvalue weighted by molar-refractivity contribution is 1.11. The molecule has 1 N–H and O–H groups in total. The lowest BCUT2D eigenvalue weighted by Gasteiger charge is -2.03. The van der Waals surface area contributed by atoms with E-state index in [2.05, 4.69) is 43.1 Å². The molecule has 68 valence electrons. The monoisotopic (exact) mass is 191 g/mol. The van der Waals surface area contributed by atoms with Crippen molar-refractivity contribution in [2.75, 3.05) is 0 Å². The average Bonchev–Trinajstić information content (AvgIpc) is 2.49. The van der Waals surface area contributed by atoms with Gasteiger partial charge >= 0.3 is 0 Å². The predicted octanol–water partition coefficient (Wildman–Crippen LogP) is 3.67. The summed E-state index contributed by atoms with van der Waals surface area (Å²) in [5, 5.41) is 1.95. The summed E-state index contributed by atoms with van der Waals surface area (Å²) >= 11 is 1.90. The van der Waals surface area contributed by atoms with Crippen molar-refractivity contribution in [2.45, 2.75) is 24.0 Å². The molecule has 2 aromatic rings. The molecule has 1 nitrogen and oxygen atoms in total. The van der Waals surface area contributed by atoms with Crippen LogP contribution in [0.3, 0.4) is 0 Å². The van der Waals surface area contributed by atoms with Gasteiger partial charge in [-0.3, -0.25) is 0 Å². The molecule has 0 saturated heterocycles. The average molecular weight is 191 g/mol. The number of hydrogen-bond donors (Lipinski definition) is 1. The van der Waals surface area contributed by atoms with Crippen molar-refractivity contribution in [3.05, 3.63) is 30.5 Å². The molecular weight excluding hydrogens is 178 g/mol. The van der Waals surface area contributed by atoms with Crippen LogP contribution in [0.1, 0.15) is 13.8 Å². The Labute approximate surface area is 82.5 Å². The van der Waals surface area contributed by atoms with Crippen molar-refractivity contribution >= 4 is 22.7 Å². The minimum absolute atomic E-state index is 0.649. The van der Waals surface area contributed by atoms with Crippen LogP contribution in [0.5, 0.6) is 0 Å². The highest BCUT2D eigenvalue weighted by molar-refractivity contribution is 7.99. The normalized spacial score (nSPS) is 11.3. The molecule has 0 bridgehead atoms. The Kier molecular flexibility index (Phi) is 2.32. The first-order chi connectivity index (χ1) is 6.25. The molecule has 0 fully saturated rings. The number of nitrogens with one attached hydrogen (secondary N) is 1. The Morgan fingerprint density at radius 3 is 2.85 bits per heavy atom. The van der Waals surface area contributed by atoms with Crippen LogP contribution in [-0.4, -0.2) is 10.2 Å². The third-order valence-electron chi connectivity index (χ3n) is 1.90. The fourth-order valence-electron chi connectivity index (χ4n) is 1.38. The minimum Gasteiger partial charge on any atom is -0.361 e. The molecule has 1 aromatic heterocycles. The third-order valence-corrected chi connectivity index (χ3v) is 2.89. The third kappa shape index (κ3) is 1.89. The summed E-state index contributed by atoms with van der Waals surface area (Å²) < 4.78 is 0. The highest BCUT2D eigenvalue weighted by Gasteiger charge is 1.99. The van der Waals surface area contributed by atoms with Crippen LogP contribution in [0.15, 0.2) is 35.4 Å². The molecule has 2 rings (SSSR count). The topological polar surface area (TPSA) is 15.8 Å². The maximum absolute atomic E-state index is 3.19. The van der Waals surface area contributed by atoms with E-state index in [1.807, 2.05) is 18.0 Å². The number of rotatable bonds is 2. The smallest absolute Gasteiger partial charge is 0.0454 e. The van der Waals surface area contributed by atoms with E-state index in [4.69, 9.17) is 0 Å². The van der Waals surface area contributed by atoms with Crippen molar-refractivity contribution in [2.24, 2.45) is 0 Å². The SMILES string of the molecule is CC(C)Sc1ccc2[nH]ccc2c1. The van der Waals surface area contributed by atoms with Crippen molar-refractivity contribution in [3.8, 4) is 0 Å². The van der Waals surface area contributed by atoms with E-state index >= 15 is 0 Å². The summed E-state index contributed by atoms with van der Waals surface area (Å²) in [7, 11) is 0. The van der Waals surface area contributed by atoms with Crippen LogP contribution in [0.2, 0.25) is 0 Å².